The van der Waals surface area contributed by atoms with Gasteiger partial charge in [0, 0.05) is 0 Å². The summed E-state index contributed by atoms with van der Waals surface area (Å²) < 4.78 is 0.579. The zero-order chi connectivity index (χ0) is 16.4. The van der Waals surface area contributed by atoms with Crippen molar-refractivity contribution in [2.45, 2.75) is 20.3 Å². The highest BCUT2D eigenvalue weighted by atomic mass is 32.2. The van der Waals surface area contributed by atoms with E-state index in [-0.39, 0.29) is 5.91 Å². The standard InChI is InChI=1S/C19H17NOS2/c1-3-14-6-8-15(9-7-14)12-17-18(21)20(19(22)23-17)16-10-4-13(2)5-11-16/h4-12H,3H2,1-2H3/b17-12+. The third kappa shape index (κ3) is 3.38. The third-order valence-corrected chi connectivity index (χ3v) is 5.07. The van der Waals surface area contributed by atoms with E-state index >= 15 is 0 Å². The van der Waals surface area contributed by atoms with Crippen molar-refractivity contribution in [1.82, 2.24) is 0 Å². The van der Waals surface area contributed by atoms with Crippen molar-refractivity contribution in [3.05, 3.63) is 70.1 Å². The lowest BCUT2D eigenvalue weighted by Crippen LogP contribution is -2.27. The second-order valence-electron chi connectivity index (χ2n) is 5.45. The Balaban J connectivity index is 1.88. The summed E-state index contributed by atoms with van der Waals surface area (Å²) in [7, 11) is 0. The van der Waals surface area contributed by atoms with Gasteiger partial charge in [0.1, 0.15) is 0 Å². The van der Waals surface area contributed by atoms with Crippen LogP contribution in [0, 0.1) is 6.92 Å². The minimum Gasteiger partial charge on any atom is -0.268 e. The minimum atomic E-state index is -0.0524. The number of hydrogen-bond donors (Lipinski definition) is 0. The summed E-state index contributed by atoms with van der Waals surface area (Å²) in [5, 5.41) is 0. The van der Waals surface area contributed by atoms with Gasteiger partial charge in [-0.3, -0.25) is 9.69 Å². The molecule has 1 heterocycles. The molecule has 1 saturated heterocycles. The fraction of sp³-hybridized carbons (Fsp3) is 0.158. The summed E-state index contributed by atoms with van der Waals surface area (Å²) >= 11 is 6.75. The Bertz CT molecular complexity index is 776. The van der Waals surface area contributed by atoms with E-state index in [2.05, 4.69) is 19.1 Å². The lowest BCUT2D eigenvalue weighted by Gasteiger charge is -2.14. The van der Waals surface area contributed by atoms with E-state index in [1.807, 2.05) is 49.4 Å². The summed E-state index contributed by atoms with van der Waals surface area (Å²) in [6.07, 6.45) is 2.92. The van der Waals surface area contributed by atoms with Crippen LogP contribution in [0.4, 0.5) is 5.69 Å². The van der Waals surface area contributed by atoms with Crippen LogP contribution >= 0.6 is 24.0 Å². The molecule has 1 aliphatic rings. The maximum absolute atomic E-state index is 12.7. The molecule has 2 nitrogen and oxygen atoms in total. The van der Waals surface area contributed by atoms with Crippen molar-refractivity contribution in [1.29, 1.82) is 0 Å². The van der Waals surface area contributed by atoms with Crippen molar-refractivity contribution in [2.75, 3.05) is 4.90 Å². The average molecular weight is 339 g/mol. The third-order valence-electron chi connectivity index (χ3n) is 3.77. The smallest absolute Gasteiger partial charge is 0.268 e. The molecule has 0 unspecified atom stereocenters. The van der Waals surface area contributed by atoms with E-state index in [0.717, 1.165) is 23.2 Å². The monoisotopic (exact) mass is 339 g/mol. The first-order valence-corrected chi connectivity index (χ1v) is 8.74. The Morgan fingerprint density at radius 2 is 1.74 bits per heavy atom. The molecule has 4 heteroatoms. The molecule has 0 saturated carbocycles. The maximum Gasteiger partial charge on any atom is 0.270 e. The van der Waals surface area contributed by atoms with Gasteiger partial charge in [-0.25, -0.2) is 0 Å². The number of carbonyl (C=O) groups is 1. The molecule has 116 valence electrons. The highest BCUT2D eigenvalue weighted by Gasteiger charge is 2.33. The van der Waals surface area contributed by atoms with Gasteiger partial charge in [-0.1, -0.05) is 72.9 Å². The van der Waals surface area contributed by atoms with Crippen LogP contribution < -0.4 is 4.90 Å². The van der Waals surface area contributed by atoms with Crippen LogP contribution in [0.2, 0.25) is 0 Å². The number of hydrogen-bond acceptors (Lipinski definition) is 3. The van der Waals surface area contributed by atoms with Crippen LogP contribution in [0.25, 0.3) is 6.08 Å². The van der Waals surface area contributed by atoms with E-state index in [4.69, 9.17) is 12.2 Å². The number of anilines is 1. The van der Waals surface area contributed by atoms with E-state index in [9.17, 15) is 4.79 Å². The molecular weight excluding hydrogens is 322 g/mol. The Kier molecular flexibility index (Phi) is 4.64. The molecule has 1 fully saturated rings. The predicted molar refractivity (Wildman–Crippen MR) is 103 cm³/mol. The molecule has 0 N–H and O–H groups in total. The molecule has 3 rings (SSSR count). The summed E-state index contributed by atoms with van der Waals surface area (Å²) in [6.45, 7) is 4.15. The van der Waals surface area contributed by atoms with Crippen LogP contribution in [-0.4, -0.2) is 10.2 Å². The highest BCUT2D eigenvalue weighted by Crippen LogP contribution is 2.36. The molecule has 0 spiro atoms. The molecule has 2 aromatic rings. The largest absolute Gasteiger partial charge is 0.270 e. The Labute approximate surface area is 146 Å². The lowest BCUT2D eigenvalue weighted by atomic mass is 10.1. The van der Waals surface area contributed by atoms with Crippen molar-refractivity contribution in [3.8, 4) is 0 Å². The van der Waals surface area contributed by atoms with Gasteiger partial charge in [-0.2, -0.15) is 0 Å². The number of benzene rings is 2. The van der Waals surface area contributed by atoms with Crippen molar-refractivity contribution < 1.29 is 4.79 Å². The van der Waals surface area contributed by atoms with Gasteiger partial charge < -0.3 is 0 Å². The molecule has 1 amide bonds. The van der Waals surface area contributed by atoms with Crippen LogP contribution in [-0.2, 0) is 11.2 Å². The number of thioether (sulfide) groups is 1. The molecular formula is C19H17NOS2. The first-order valence-electron chi connectivity index (χ1n) is 7.52. The quantitative estimate of drug-likeness (QED) is 0.582. The Hall–Kier alpha value is -1.91. The van der Waals surface area contributed by atoms with E-state index < -0.39 is 0 Å². The van der Waals surface area contributed by atoms with Gasteiger partial charge in [-0.15, -0.1) is 0 Å². The summed E-state index contributed by atoms with van der Waals surface area (Å²) in [6, 6.07) is 16.1. The van der Waals surface area contributed by atoms with Crippen LogP contribution in [0.3, 0.4) is 0 Å². The van der Waals surface area contributed by atoms with E-state index in [0.29, 0.717) is 9.23 Å². The highest BCUT2D eigenvalue weighted by molar-refractivity contribution is 8.27. The zero-order valence-corrected chi connectivity index (χ0v) is 14.7. The number of amides is 1. The molecule has 0 atom stereocenters. The molecule has 0 radical (unpaired) electrons. The van der Waals surface area contributed by atoms with Gasteiger partial charge in [0.05, 0.1) is 10.6 Å². The van der Waals surface area contributed by atoms with Gasteiger partial charge in [-0.05, 0) is 42.7 Å². The number of carbonyl (C=O) groups excluding carboxylic acids is 1. The summed E-state index contributed by atoms with van der Waals surface area (Å²) in [5.41, 5.74) is 4.29. The molecule has 0 bridgehead atoms. The average Bonchev–Trinajstić information content (AvgIpc) is 2.83. The first kappa shape index (κ1) is 16.0. The molecule has 2 aromatic carbocycles. The topological polar surface area (TPSA) is 20.3 Å². The number of rotatable bonds is 3. The Morgan fingerprint density at radius 1 is 1.09 bits per heavy atom. The van der Waals surface area contributed by atoms with Gasteiger partial charge in [0.25, 0.3) is 5.91 Å². The van der Waals surface area contributed by atoms with Crippen LogP contribution in [0.15, 0.2) is 53.4 Å². The second kappa shape index (κ2) is 6.69. The van der Waals surface area contributed by atoms with Gasteiger partial charge in [0.2, 0.25) is 0 Å². The van der Waals surface area contributed by atoms with Gasteiger partial charge >= 0.3 is 0 Å². The predicted octanol–water partition coefficient (Wildman–Crippen LogP) is 4.96. The second-order valence-corrected chi connectivity index (χ2v) is 7.12. The number of aryl methyl sites for hydroxylation is 2. The molecule has 0 aliphatic carbocycles. The lowest BCUT2D eigenvalue weighted by molar-refractivity contribution is -0.113. The van der Waals surface area contributed by atoms with Crippen molar-refractivity contribution in [3.63, 3.8) is 0 Å². The molecule has 0 aromatic heterocycles. The number of nitrogens with zero attached hydrogens (tertiary/aromatic N) is 1. The Morgan fingerprint density at radius 3 is 2.35 bits per heavy atom. The van der Waals surface area contributed by atoms with E-state index in [1.54, 1.807) is 4.90 Å². The van der Waals surface area contributed by atoms with Crippen molar-refractivity contribution in [2.24, 2.45) is 0 Å². The normalized spacial score (nSPS) is 16.4. The summed E-state index contributed by atoms with van der Waals surface area (Å²) in [5.74, 6) is -0.0524. The first-order chi connectivity index (χ1) is 11.1. The fourth-order valence-corrected chi connectivity index (χ4v) is 3.68. The molecule has 23 heavy (non-hydrogen) atoms. The molecule has 1 aliphatic heterocycles. The van der Waals surface area contributed by atoms with E-state index in [1.165, 1.54) is 17.3 Å². The SMILES string of the molecule is CCc1ccc(/C=C2/SC(=S)N(c3ccc(C)cc3)C2=O)cc1. The zero-order valence-electron chi connectivity index (χ0n) is 13.1. The summed E-state index contributed by atoms with van der Waals surface area (Å²) in [4.78, 5) is 14.9. The minimum absolute atomic E-state index is 0.0524. The number of thiocarbonyl (C=S) groups is 1. The van der Waals surface area contributed by atoms with Crippen molar-refractivity contribution >= 4 is 46.0 Å². The van der Waals surface area contributed by atoms with Gasteiger partial charge in [0.15, 0.2) is 4.32 Å². The maximum atomic E-state index is 12.7. The fourth-order valence-electron chi connectivity index (χ4n) is 2.39. The van der Waals surface area contributed by atoms with Crippen LogP contribution in [0.1, 0.15) is 23.6 Å². The van der Waals surface area contributed by atoms with Crippen LogP contribution in [0.5, 0.6) is 0 Å².